The largest absolute Gasteiger partial charge is 0.331 e. The number of hydrogen-bond acceptors (Lipinski definition) is 5. The Balaban J connectivity index is 1.48. The van der Waals surface area contributed by atoms with E-state index < -0.39 is 0 Å². The van der Waals surface area contributed by atoms with E-state index in [1.165, 1.54) is 0 Å². The lowest BCUT2D eigenvalue weighted by molar-refractivity contribution is 0.0606. The molecule has 0 heterocycles. The predicted molar refractivity (Wildman–Crippen MR) is 137 cm³/mol. The normalized spacial score (nSPS) is 16.9. The van der Waals surface area contributed by atoms with Gasteiger partial charge in [-0.1, -0.05) is 12.1 Å². The zero-order valence-corrected chi connectivity index (χ0v) is 19.9. The van der Waals surface area contributed by atoms with Gasteiger partial charge in [0.15, 0.2) is 0 Å². The van der Waals surface area contributed by atoms with Gasteiger partial charge in [0.1, 0.15) is 0 Å². The topological polar surface area (TPSA) is 123 Å². The molecule has 7 nitrogen and oxygen atoms in total. The van der Waals surface area contributed by atoms with Crippen LogP contribution in [0.3, 0.4) is 0 Å². The Labute approximate surface area is 210 Å². The molecule has 1 fully saturated rings. The summed E-state index contributed by atoms with van der Waals surface area (Å²) >= 11 is 0. The molecule has 7 heteroatoms. The first-order valence-electron chi connectivity index (χ1n) is 11.9. The number of hydrogen-bond donors (Lipinski definition) is 2. The number of amides is 2. The van der Waals surface area contributed by atoms with E-state index in [2.05, 4.69) is 11.4 Å². The number of carbonyl (C=O) groups is 2. The fourth-order valence-corrected chi connectivity index (χ4v) is 4.42. The van der Waals surface area contributed by atoms with Crippen LogP contribution >= 0.6 is 0 Å². The molecule has 36 heavy (non-hydrogen) atoms. The van der Waals surface area contributed by atoms with E-state index in [0.717, 1.165) is 31.2 Å². The maximum atomic E-state index is 13.5. The zero-order valence-electron chi connectivity index (χ0n) is 19.9. The first-order chi connectivity index (χ1) is 17.5. The molecular weight excluding hydrogens is 450 g/mol. The van der Waals surface area contributed by atoms with Crippen LogP contribution in [0, 0.1) is 22.7 Å². The molecule has 0 aliphatic heterocycles. The van der Waals surface area contributed by atoms with Gasteiger partial charge in [-0.2, -0.15) is 10.5 Å². The van der Waals surface area contributed by atoms with E-state index in [4.69, 9.17) is 16.3 Å². The summed E-state index contributed by atoms with van der Waals surface area (Å²) in [6.07, 6.45) is 3.45. The lowest BCUT2D eigenvalue weighted by atomic mass is 9.90. The minimum Gasteiger partial charge on any atom is -0.331 e. The van der Waals surface area contributed by atoms with Crippen molar-refractivity contribution in [2.75, 3.05) is 5.32 Å². The molecule has 4 rings (SSSR count). The van der Waals surface area contributed by atoms with Gasteiger partial charge in [-0.15, -0.1) is 0 Å². The minimum atomic E-state index is -0.261. The molecule has 3 aromatic carbocycles. The molecule has 1 aliphatic rings. The molecule has 0 radical (unpaired) electrons. The quantitative estimate of drug-likeness (QED) is 0.537. The summed E-state index contributed by atoms with van der Waals surface area (Å²) in [4.78, 5) is 27.9. The highest BCUT2D eigenvalue weighted by Crippen LogP contribution is 2.26. The smallest absolute Gasteiger partial charge is 0.255 e. The summed E-state index contributed by atoms with van der Waals surface area (Å²) in [6.45, 7) is 0.433. The fraction of sp³-hybridized carbons (Fsp3) is 0.241. The maximum Gasteiger partial charge on any atom is 0.255 e. The van der Waals surface area contributed by atoms with Gasteiger partial charge < -0.3 is 16.0 Å². The van der Waals surface area contributed by atoms with Crippen molar-refractivity contribution in [3.63, 3.8) is 0 Å². The third-order valence-corrected chi connectivity index (χ3v) is 6.54. The van der Waals surface area contributed by atoms with Crippen molar-refractivity contribution in [1.82, 2.24) is 4.90 Å². The van der Waals surface area contributed by atoms with Crippen molar-refractivity contribution in [1.29, 1.82) is 10.5 Å². The summed E-state index contributed by atoms with van der Waals surface area (Å²) in [5, 5.41) is 20.8. The van der Waals surface area contributed by atoms with Gasteiger partial charge in [-0.25, -0.2) is 0 Å². The van der Waals surface area contributed by atoms with Crippen molar-refractivity contribution in [2.45, 2.75) is 44.3 Å². The second-order valence-electron chi connectivity index (χ2n) is 9.03. The molecule has 3 aromatic rings. The van der Waals surface area contributed by atoms with Gasteiger partial charge in [0.25, 0.3) is 11.8 Å². The van der Waals surface area contributed by atoms with E-state index in [1.807, 2.05) is 35.2 Å². The molecule has 0 atom stereocenters. The highest BCUT2D eigenvalue weighted by molar-refractivity contribution is 6.04. The van der Waals surface area contributed by atoms with Crippen LogP contribution in [-0.4, -0.2) is 28.8 Å². The summed E-state index contributed by atoms with van der Waals surface area (Å²) in [5.41, 5.74) is 9.71. The molecule has 0 unspecified atom stereocenters. The Morgan fingerprint density at radius 3 is 1.86 bits per heavy atom. The van der Waals surface area contributed by atoms with E-state index in [9.17, 15) is 9.59 Å². The Kier molecular flexibility index (Phi) is 7.75. The molecule has 0 bridgehead atoms. The Morgan fingerprint density at radius 1 is 0.806 bits per heavy atom. The average molecular weight is 478 g/mol. The van der Waals surface area contributed by atoms with Gasteiger partial charge in [0, 0.05) is 35.4 Å². The average Bonchev–Trinajstić information content (AvgIpc) is 2.93. The second-order valence-corrected chi connectivity index (χ2v) is 9.03. The lowest BCUT2D eigenvalue weighted by Gasteiger charge is -2.36. The molecule has 0 aromatic heterocycles. The number of nitrogens with two attached hydrogens (primary N) is 1. The van der Waals surface area contributed by atoms with Crippen LogP contribution in [0.15, 0.2) is 72.8 Å². The summed E-state index contributed by atoms with van der Waals surface area (Å²) in [7, 11) is 0. The molecule has 0 spiro atoms. The minimum absolute atomic E-state index is 0.0712. The number of carbonyl (C=O) groups excluding carboxylic acids is 2. The third-order valence-electron chi connectivity index (χ3n) is 6.54. The van der Waals surface area contributed by atoms with Crippen molar-refractivity contribution < 1.29 is 9.59 Å². The highest BCUT2D eigenvalue weighted by atomic mass is 16.2. The van der Waals surface area contributed by atoms with E-state index in [-0.39, 0.29) is 23.9 Å². The second kappa shape index (κ2) is 11.3. The number of anilines is 1. The van der Waals surface area contributed by atoms with Crippen LogP contribution in [0.1, 0.15) is 63.1 Å². The summed E-state index contributed by atoms with van der Waals surface area (Å²) in [5.74, 6) is -0.332. The predicted octanol–water partition coefficient (Wildman–Crippen LogP) is 4.59. The van der Waals surface area contributed by atoms with Crippen LogP contribution in [0.4, 0.5) is 5.69 Å². The molecule has 180 valence electrons. The summed E-state index contributed by atoms with van der Waals surface area (Å²) < 4.78 is 0. The van der Waals surface area contributed by atoms with Crippen molar-refractivity contribution in [3.05, 3.63) is 101 Å². The molecule has 3 N–H and O–H groups in total. The van der Waals surface area contributed by atoms with Crippen molar-refractivity contribution in [2.24, 2.45) is 5.73 Å². The van der Waals surface area contributed by atoms with Crippen LogP contribution < -0.4 is 11.1 Å². The first kappa shape index (κ1) is 24.7. The fourth-order valence-electron chi connectivity index (χ4n) is 4.42. The van der Waals surface area contributed by atoms with Gasteiger partial charge in [0.05, 0.1) is 23.3 Å². The number of nitriles is 2. The summed E-state index contributed by atoms with van der Waals surface area (Å²) in [6, 6.07) is 25.0. The maximum absolute atomic E-state index is 13.5. The Hall–Kier alpha value is -4.46. The monoisotopic (exact) mass is 477 g/mol. The van der Waals surface area contributed by atoms with Gasteiger partial charge in [-0.05, 0) is 91.9 Å². The number of nitrogens with one attached hydrogen (secondary N) is 1. The van der Waals surface area contributed by atoms with E-state index in [1.54, 1.807) is 48.5 Å². The molecule has 1 saturated carbocycles. The van der Waals surface area contributed by atoms with Crippen molar-refractivity contribution in [3.8, 4) is 12.1 Å². The van der Waals surface area contributed by atoms with Crippen LogP contribution in [-0.2, 0) is 6.54 Å². The standard InChI is InChI=1S/C29H27N5O2/c30-17-20-1-7-23(8-2-20)28(35)33-26-13-5-22(6-14-26)19-34(27-15-11-25(32)12-16-27)29(36)24-9-3-21(18-31)4-10-24/h1-10,13-14,25,27H,11-12,15-16,19,32H2,(H,33,35). The van der Waals surface area contributed by atoms with Gasteiger partial charge in [-0.3, -0.25) is 9.59 Å². The van der Waals surface area contributed by atoms with Gasteiger partial charge >= 0.3 is 0 Å². The first-order valence-corrected chi connectivity index (χ1v) is 11.9. The van der Waals surface area contributed by atoms with Gasteiger partial charge in [0.2, 0.25) is 0 Å². The van der Waals surface area contributed by atoms with Crippen LogP contribution in [0.5, 0.6) is 0 Å². The molecule has 2 amide bonds. The van der Waals surface area contributed by atoms with Crippen LogP contribution in [0.2, 0.25) is 0 Å². The number of rotatable bonds is 6. The van der Waals surface area contributed by atoms with E-state index in [0.29, 0.717) is 34.5 Å². The SMILES string of the molecule is N#Cc1ccc(C(=O)Nc2ccc(CN(C(=O)c3ccc(C#N)cc3)C3CCC(N)CC3)cc2)cc1. The number of benzene rings is 3. The third kappa shape index (κ3) is 5.96. The molecular formula is C29H27N5O2. The molecule has 0 saturated heterocycles. The van der Waals surface area contributed by atoms with Crippen LogP contribution in [0.25, 0.3) is 0 Å². The number of nitrogens with zero attached hydrogens (tertiary/aromatic N) is 3. The lowest BCUT2D eigenvalue weighted by Crippen LogP contribution is -2.43. The Bertz CT molecular complexity index is 1290. The van der Waals surface area contributed by atoms with Crippen molar-refractivity contribution >= 4 is 17.5 Å². The van der Waals surface area contributed by atoms with E-state index >= 15 is 0 Å². The molecule has 1 aliphatic carbocycles. The highest BCUT2D eigenvalue weighted by Gasteiger charge is 2.28. The zero-order chi connectivity index (χ0) is 25.5. The Morgan fingerprint density at radius 2 is 1.33 bits per heavy atom.